The molecule has 1 unspecified atom stereocenters. The lowest BCUT2D eigenvalue weighted by Gasteiger charge is -2.20. The van der Waals surface area contributed by atoms with E-state index in [1.54, 1.807) is 0 Å². The molecule has 1 fully saturated rings. The van der Waals surface area contributed by atoms with Gasteiger partial charge in [0.25, 0.3) is 0 Å². The van der Waals surface area contributed by atoms with Crippen molar-refractivity contribution in [3.05, 3.63) is 0 Å². The van der Waals surface area contributed by atoms with Crippen molar-refractivity contribution < 1.29 is 24.2 Å². The third kappa shape index (κ3) is 6.05. The van der Waals surface area contributed by atoms with Crippen LogP contribution in [0.4, 0.5) is 4.79 Å². The second-order valence-corrected chi connectivity index (χ2v) is 4.47. The molecule has 8 heteroatoms. The normalized spacial score (nSPS) is 18.0. The first kappa shape index (κ1) is 15.2. The van der Waals surface area contributed by atoms with Crippen molar-refractivity contribution in [3.63, 3.8) is 0 Å². The molecule has 1 rings (SSSR count). The van der Waals surface area contributed by atoms with Crippen molar-refractivity contribution in [2.24, 2.45) is 11.7 Å². The Balaban J connectivity index is 2.33. The summed E-state index contributed by atoms with van der Waals surface area (Å²) in [5.41, 5.74) is 4.97. The maximum Gasteiger partial charge on any atom is 0.323 e. The molecule has 0 aliphatic carbocycles. The minimum absolute atomic E-state index is 0.412. The maximum atomic E-state index is 11.7. The molecule has 4 N–H and O–H groups in total. The fourth-order valence-corrected chi connectivity index (χ4v) is 1.86. The Morgan fingerprint density at radius 1 is 1.37 bits per heavy atom. The van der Waals surface area contributed by atoms with Gasteiger partial charge in [0.05, 0.1) is 0 Å². The topological polar surface area (TPSA) is 122 Å². The standard InChI is InChI=1S/C11H19N3O5/c12-9(15)5-14(6-10(16)17)11(18)13-3-1-8-2-4-19-7-8/h8H,1-7H2,(H2,12,15)(H,13,18)(H,16,17). The zero-order valence-corrected chi connectivity index (χ0v) is 10.6. The molecule has 1 heterocycles. The Morgan fingerprint density at radius 2 is 2.11 bits per heavy atom. The number of carboxylic acids is 1. The number of carbonyl (C=O) groups excluding carboxylic acids is 2. The van der Waals surface area contributed by atoms with E-state index in [4.69, 9.17) is 15.6 Å². The van der Waals surface area contributed by atoms with Crippen LogP contribution < -0.4 is 11.1 Å². The molecular weight excluding hydrogens is 254 g/mol. The largest absolute Gasteiger partial charge is 0.480 e. The van der Waals surface area contributed by atoms with Gasteiger partial charge in [0.2, 0.25) is 5.91 Å². The molecule has 3 amide bonds. The van der Waals surface area contributed by atoms with Crippen LogP contribution in [0, 0.1) is 5.92 Å². The lowest BCUT2D eigenvalue weighted by molar-refractivity contribution is -0.137. The van der Waals surface area contributed by atoms with E-state index in [0.717, 1.165) is 24.3 Å². The fraction of sp³-hybridized carbons (Fsp3) is 0.727. The average Bonchev–Trinajstić information content (AvgIpc) is 2.79. The minimum atomic E-state index is -1.19. The van der Waals surface area contributed by atoms with Crippen molar-refractivity contribution in [1.29, 1.82) is 0 Å². The fourth-order valence-electron chi connectivity index (χ4n) is 1.86. The van der Waals surface area contributed by atoms with Gasteiger partial charge in [-0.1, -0.05) is 0 Å². The SMILES string of the molecule is NC(=O)CN(CC(=O)O)C(=O)NCCC1CCOC1. The van der Waals surface area contributed by atoms with E-state index in [-0.39, 0.29) is 0 Å². The minimum Gasteiger partial charge on any atom is -0.480 e. The highest BCUT2D eigenvalue weighted by atomic mass is 16.5. The van der Waals surface area contributed by atoms with Gasteiger partial charge in [0, 0.05) is 19.8 Å². The molecule has 8 nitrogen and oxygen atoms in total. The Morgan fingerprint density at radius 3 is 2.63 bits per heavy atom. The summed E-state index contributed by atoms with van der Waals surface area (Å²) in [6, 6.07) is -0.597. The lowest BCUT2D eigenvalue weighted by Crippen LogP contribution is -2.47. The Labute approximate surface area is 110 Å². The highest BCUT2D eigenvalue weighted by molar-refractivity contribution is 5.85. The first-order valence-corrected chi connectivity index (χ1v) is 6.09. The number of nitrogens with two attached hydrogens (primary N) is 1. The van der Waals surface area contributed by atoms with E-state index in [9.17, 15) is 14.4 Å². The molecule has 1 aliphatic rings. The number of rotatable bonds is 7. The van der Waals surface area contributed by atoms with Crippen LogP contribution in [0.25, 0.3) is 0 Å². The van der Waals surface area contributed by atoms with Gasteiger partial charge in [-0.3, -0.25) is 9.59 Å². The molecule has 0 saturated carbocycles. The molecule has 1 aliphatic heterocycles. The van der Waals surface area contributed by atoms with Gasteiger partial charge in [-0.15, -0.1) is 0 Å². The third-order valence-corrected chi connectivity index (χ3v) is 2.81. The number of ether oxygens (including phenoxy) is 1. The molecule has 0 aromatic carbocycles. The number of hydrogen-bond donors (Lipinski definition) is 3. The molecule has 19 heavy (non-hydrogen) atoms. The Bertz CT molecular complexity index is 325. The predicted octanol–water partition coefficient (Wildman–Crippen LogP) is -1.01. The molecule has 108 valence electrons. The van der Waals surface area contributed by atoms with Crippen LogP contribution in [-0.4, -0.2) is 60.8 Å². The highest BCUT2D eigenvalue weighted by Crippen LogP contribution is 2.15. The van der Waals surface area contributed by atoms with Crippen LogP contribution in [-0.2, 0) is 14.3 Å². The third-order valence-electron chi connectivity index (χ3n) is 2.81. The Hall–Kier alpha value is -1.83. The van der Waals surface area contributed by atoms with Crippen LogP contribution in [0.3, 0.4) is 0 Å². The molecule has 0 bridgehead atoms. The van der Waals surface area contributed by atoms with Gasteiger partial charge < -0.3 is 25.8 Å². The van der Waals surface area contributed by atoms with Crippen LogP contribution >= 0.6 is 0 Å². The van der Waals surface area contributed by atoms with Crippen molar-refractivity contribution in [1.82, 2.24) is 10.2 Å². The molecule has 1 saturated heterocycles. The number of carboxylic acid groups (broad SMARTS) is 1. The number of hydrogen-bond acceptors (Lipinski definition) is 4. The van der Waals surface area contributed by atoms with Gasteiger partial charge in [-0.2, -0.15) is 0 Å². The smallest absolute Gasteiger partial charge is 0.323 e. The number of primary amides is 1. The first-order chi connectivity index (χ1) is 8.99. The zero-order valence-electron chi connectivity index (χ0n) is 10.6. The molecular formula is C11H19N3O5. The molecule has 0 radical (unpaired) electrons. The summed E-state index contributed by atoms with van der Waals surface area (Å²) >= 11 is 0. The van der Waals surface area contributed by atoms with Crippen molar-refractivity contribution >= 4 is 17.9 Å². The van der Waals surface area contributed by atoms with Crippen molar-refractivity contribution in [2.75, 3.05) is 32.8 Å². The molecule has 0 spiro atoms. The van der Waals surface area contributed by atoms with Crippen LogP contribution in [0.2, 0.25) is 0 Å². The second kappa shape index (κ2) is 7.57. The van der Waals surface area contributed by atoms with E-state index in [1.807, 2.05) is 0 Å². The van der Waals surface area contributed by atoms with E-state index in [2.05, 4.69) is 5.32 Å². The summed E-state index contributed by atoms with van der Waals surface area (Å²) in [5.74, 6) is -1.52. The number of nitrogens with zero attached hydrogens (tertiary/aromatic N) is 1. The van der Waals surface area contributed by atoms with Crippen molar-refractivity contribution in [3.8, 4) is 0 Å². The van der Waals surface area contributed by atoms with Crippen LogP contribution in [0.1, 0.15) is 12.8 Å². The average molecular weight is 273 g/mol. The quantitative estimate of drug-likeness (QED) is 0.549. The number of urea groups is 1. The van der Waals surface area contributed by atoms with Gasteiger partial charge in [-0.25, -0.2) is 4.79 Å². The molecule has 1 atom stereocenters. The van der Waals surface area contributed by atoms with Gasteiger partial charge in [0.15, 0.2) is 0 Å². The lowest BCUT2D eigenvalue weighted by atomic mass is 10.1. The Kier molecular flexibility index (Phi) is 6.07. The zero-order chi connectivity index (χ0) is 14.3. The van der Waals surface area contributed by atoms with E-state index < -0.39 is 31.0 Å². The summed E-state index contributed by atoms with van der Waals surface area (Å²) < 4.78 is 5.21. The molecule has 0 aromatic rings. The van der Waals surface area contributed by atoms with Gasteiger partial charge in [0.1, 0.15) is 13.1 Å². The summed E-state index contributed by atoms with van der Waals surface area (Å²) in [6.07, 6.45) is 1.74. The summed E-state index contributed by atoms with van der Waals surface area (Å²) in [7, 11) is 0. The number of amides is 3. The highest BCUT2D eigenvalue weighted by Gasteiger charge is 2.20. The number of nitrogens with one attached hydrogen (secondary N) is 1. The number of carbonyl (C=O) groups is 3. The summed E-state index contributed by atoms with van der Waals surface area (Å²) in [6.45, 7) is 0.884. The van der Waals surface area contributed by atoms with E-state index in [1.165, 1.54) is 0 Å². The van der Waals surface area contributed by atoms with Gasteiger partial charge >= 0.3 is 12.0 Å². The predicted molar refractivity (Wildman–Crippen MR) is 65.3 cm³/mol. The van der Waals surface area contributed by atoms with Crippen LogP contribution in [0.5, 0.6) is 0 Å². The van der Waals surface area contributed by atoms with Gasteiger partial charge in [-0.05, 0) is 18.8 Å². The summed E-state index contributed by atoms with van der Waals surface area (Å²) in [4.78, 5) is 33.9. The summed E-state index contributed by atoms with van der Waals surface area (Å²) in [5, 5.41) is 11.2. The van der Waals surface area contributed by atoms with Crippen molar-refractivity contribution in [2.45, 2.75) is 12.8 Å². The second-order valence-electron chi connectivity index (χ2n) is 4.47. The van der Waals surface area contributed by atoms with Crippen LogP contribution in [0.15, 0.2) is 0 Å². The first-order valence-electron chi connectivity index (χ1n) is 6.09. The van der Waals surface area contributed by atoms with E-state index >= 15 is 0 Å². The van der Waals surface area contributed by atoms with E-state index in [0.29, 0.717) is 19.1 Å². The molecule has 0 aromatic heterocycles. The number of aliphatic carboxylic acids is 1. The monoisotopic (exact) mass is 273 g/mol. The maximum absolute atomic E-state index is 11.7.